The lowest BCUT2D eigenvalue weighted by atomic mass is 9.84. The molecule has 8 nitrogen and oxygen atoms in total. The van der Waals surface area contributed by atoms with E-state index in [9.17, 15) is 9.59 Å². The number of hydrogen-bond donors (Lipinski definition) is 1. The van der Waals surface area contributed by atoms with Gasteiger partial charge in [0.05, 0.1) is 19.9 Å². The smallest absolute Gasteiger partial charge is 0.255 e. The van der Waals surface area contributed by atoms with Gasteiger partial charge in [-0.3, -0.25) is 14.6 Å². The number of nitrogens with zero attached hydrogens (tertiary/aromatic N) is 3. The van der Waals surface area contributed by atoms with Crippen molar-refractivity contribution < 1.29 is 19.1 Å². The number of benzene rings is 3. The fourth-order valence-corrected chi connectivity index (χ4v) is 5.22. The molecule has 1 aliphatic rings. The molecule has 0 radical (unpaired) electrons. The number of pyridine rings is 1. The quantitative estimate of drug-likeness (QED) is 0.246. The van der Waals surface area contributed by atoms with Crippen molar-refractivity contribution in [2.24, 2.45) is 0 Å². The highest BCUT2D eigenvalue weighted by Gasteiger charge is 2.25. The number of carbonyl (C=O) groups is 2. The van der Waals surface area contributed by atoms with Crippen LogP contribution in [0.5, 0.6) is 11.5 Å². The minimum atomic E-state index is -0.172. The summed E-state index contributed by atoms with van der Waals surface area (Å²) in [6.45, 7) is 11.6. The van der Waals surface area contributed by atoms with Crippen LogP contribution in [0.15, 0.2) is 85.2 Å². The van der Waals surface area contributed by atoms with Crippen molar-refractivity contribution in [2.45, 2.75) is 33.1 Å². The van der Waals surface area contributed by atoms with Crippen LogP contribution in [0.25, 0.3) is 11.1 Å². The zero-order chi connectivity index (χ0) is 31.3. The van der Waals surface area contributed by atoms with E-state index in [1.165, 1.54) is 0 Å². The Morgan fingerprint density at radius 2 is 1.52 bits per heavy atom. The Balaban J connectivity index is 1.25. The molecule has 0 spiro atoms. The average molecular weight is 593 g/mol. The molecule has 4 aromatic rings. The summed E-state index contributed by atoms with van der Waals surface area (Å²) in [6, 6.07) is 22.9. The number of aromatic nitrogens is 1. The second-order valence-corrected chi connectivity index (χ2v) is 11.9. The van der Waals surface area contributed by atoms with Crippen LogP contribution in [-0.2, 0) is 5.41 Å². The third-order valence-corrected chi connectivity index (χ3v) is 7.81. The lowest BCUT2D eigenvalue weighted by molar-refractivity contribution is 0.0746. The molecule has 0 aliphatic carbocycles. The maximum absolute atomic E-state index is 13.8. The van der Waals surface area contributed by atoms with E-state index in [4.69, 9.17) is 9.47 Å². The van der Waals surface area contributed by atoms with Gasteiger partial charge in [-0.15, -0.1) is 0 Å². The monoisotopic (exact) mass is 592 g/mol. The topological polar surface area (TPSA) is 84.0 Å². The lowest BCUT2D eigenvalue weighted by Gasteiger charge is -2.36. The number of nitrogens with one attached hydrogen (secondary N) is 1. The minimum Gasteiger partial charge on any atom is -0.497 e. The van der Waals surface area contributed by atoms with Crippen LogP contribution in [0.4, 0.5) is 11.4 Å². The van der Waals surface area contributed by atoms with E-state index in [-0.39, 0.29) is 17.2 Å². The van der Waals surface area contributed by atoms with Gasteiger partial charge < -0.3 is 24.6 Å². The summed E-state index contributed by atoms with van der Waals surface area (Å²) in [4.78, 5) is 35.1. The Hall–Kier alpha value is -4.85. The Morgan fingerprint density at radius 3 is 2.16 bits per heavy atom. The van der Waals surface area contributed by atoms with Gasteiger partial charge >= 0.3 is 0 Å². The first kappa shape index (κ1) is 30.6. The third kappa shape index (κ3) is 7.19. The molecule has 1 saturated heterocycles. The number of anilines is 2. The van der Waals surface area contributed by atoms with Crippen LogP contribution in [0.2, 0.25) is 0 Å². The molecule has 8 heteroatoms. The van der Waals surface area contributed by atoms with Gasteiger partial charge in [0.15, 0.2) is 0 Å². The molecule has 1 fully saturated rings. The van der Waals surface area contributed by atoms with Crippen molar-refractivity contribution in [3.05, 3.63) is 102 Å². The van der Waals surface area contributed by atoms with Gasteiger partial charge in [-0.05, 0) is 90.2 Å². The molecular weight excluding hydrogens is 552 g/mol. The zero-order valence-electron chi connectivity index (χ0n) is 26.1. The molecule has 228 valence electrons. The average Bonchev–Trinajstić information content (AvgIpc) is 3.04. The number of methoxy groups -OCH3 is 1. The highest BCUT2D eigenvalue weighted by molar-refractivity contribution is 6.04. The van der Waals surface area contributed by atoms with Gasteiger partial charge in [-0.25, -0.2) is 0 Å². The largest absolute Gasteiger partial charge is 0.497 e. The number of hydrogen-bond acceptors (Lipinski definition) is 6. The van der Waals surface area contributed by atoms with Crippen molar-refractivity contribution in [1.29, 1.82) is 0 Å². The molecule has 5 rings (SSSR count). The molecule has 3 aromatic carbocycles. The number of amides is 2. The SMILES string of the molecule is CCOc1cncc(-c2cc(C(=O)N3CCN(c4ccc(C(=O)Nc5ccc(OC)cc5)cc4)CC3)cc(C(C)(C)C)c2)c1. The van der Waals surface area contributed by atoms with Crippen molar-refractivity contribution in [3.8, 4) is 22.6 Å². The van der Waals surface area contributed by atoms with Gasteiger partial charge in [0.1, 0.15) is 11.5 Å². The van der Waals surface area contributed by atoms with Crippen molar-refractivity contribution in [2.75, 3.05) is 50.1 Å². The summed E-state index contributed by atoms with van der Waals surface area (Å²) >= 11 is 0. The van der Waals surface area contributed by atoms with E-state index >= 15 is 0 Å². The van der Waals surface area contributed by atoms with E-state index in [1.54, 1.807) is 13.3 Å². The predicted molar refractivity (Wildman–Crippen MR) is 175 cm³/mol. The van der Waals surface area contributed by atoms with Crippen molar-refractivity contribution >= 4 is 23.2 Å². The van der Waals surface area contributed by atoms with Gasteiger partial charge in [0, 0.05) is 60.4 Å². The molecule has 1 aromatic heterocycles. The fraction of sp³-hybridized carbons (Fsp3) is 0.306. The highest BCUT2D eigenvalue weighted by atomic mass is 16.5. The van der Waals surface area contributed by atoms with E-state index < -0.39 is 0 Å². The first-order valence-corrected chi connectivity index (χ1v) is 15.0. The third-order valence-electron chi connectivity index (χ3n) is 7.81. The summed E-state index contributed by atoms with van der Waals surface area (Å²) in [5.74, 6) is 1.30. The lowest BCUT2D eigenvalue weighted by Crippen LogP contribution is -2.48. The van der Waals surface area contributed by atoms with Crippen molar-refractivity contribution in [1.82, 2.24) is 9.88 Å². The first-order chi connectivity index (χ1) is 21.1. The van der Waals surface area contributed by atoms with Crippen LogP contribution in [-0.4, -0.2) is 61.6 Å². The van der Waals surface area contributed by atoms with E-state index in [0.717, 1.165) is 28.1 Å². The van der Waals surface area contributed by atoms with Crippen LogP contribution in [0.3, 0.4) is 0 Å². The van der Waals surface area contributed by atoms with E-state index in [1.807, 2.05) is 84.8 Å². The van der Waals surface area contributed by atoms with Gasteiger partial charge in [0.25, 0.3) is 11.8 Å². The van der Waals surface area contributed by atoms with E-state index in [2.05, 4.69) is 42.0 Å². The summed E-state index contributed by atoms with van der Waals surface area (Å²) in [7, 11) is 1.61. The van der Waals surface area contributed by atoms with Gasteiger partial charge in [-0.2, -0.15) is 0 Å². The van der Waals surface area contributed by atoms with Crippen LogP contribution < -0.4 is 19.7 Å². The molecule has 0 unspecified atom stereocenters. The number of piperazine rings is 1. The highest BCUT2D eigenvalue weighted by Crippen LogP contribution is 2.31. The maximum Gasteiger partial charge on any atom is 0.255 e. The molecule has 0 atom stereocenters. The van der Waals surface area contributed by atoms with Crippen molar-refractivity contribution in [3.63, 3.8) is 0 Å². The maximum atomic E-state index is 13.8. The standard InChI is InChI=1S/C36H40N4O4/c1-6-44-33-22-28(23-37-24-33)26-19-27(21-29(20-26)36(2,3)4)35(42)40-17-15-39(16-18-40)31-11-7-25(8-12-31)34(41)38-30-9-13-32(43-5)14-10-30/h7-14,19-24H,6,15-18H2,1-5H3,(H,38,41). The van der Waals surface area contributed by atoms with E-state index in [0.29, 0.717) is 55.3 Å². The Kier molecular flexibility index (Phi) is 9.18. The molecule has 0 saturated carbocycles. The normalized spacial score (nSPS) is 13.4. The molecule has 0 bridgehead atoms. The summed E-state index contributed by atoms with van der Waals surface area (Å²) in [6.07, 6.45) is 3.52. The molecule has 2 amide bonds. The van der Waals surface area contributed by atoms with Gasteiger partial charge in [0.2, 0.25) is 0 Å². The van der Waals surface area contributed by atoms with Gasteiger partial charge in [-0.1, -0.05) is 26.8 Å². The zero-order valence-corrected chi connectivity index (χ0v) is 26.1. The molecule has 2 heterocycles. The summed E-state index contributed by atoms with van der Waals surface area (Å²) < 4.78 is 10.8. The molecule has 44 heavy (non-hydrogen) atoms. The van der Waals surface area contributed by atoms with Crippen LogP contribution in [0.1, 0.15) is 54.0 Å². The molecular formula is C36H40N4O4. The number of rotatable bonds is 8. The first-order valence-electron chi connectivity index (χ1n) is 15.0. The Bertz CT molecular complexity index is 1600. The predicted octanol–water partition coefficient (Wildman–Crippen LogP) is 6.67. The second kappa shape index (κ2) is 13.2. The minimum absolute atomic E-state index is 0.0245. The van der Waals surface area contributed by atoms with Crippen LogP contribution in [0, 0.1) is 0 Å². The number of ether oxygens (including phenoxy) is 2. The Morgan fingerprint density at radius 1 is 0.818 bits per heavy atom. The summed E-state index contributed by atoms with van der Waals surface area (Å²) in [5, 5.41) is 2.92. The molecule has 1 aliphatic heterocycles. The summed E-state index contributed by atoms with van der Waals surface area (Å²) in [5.41, 5.74) is 5.81. The van der Waals surface area contributed by atoms with Crippen LogP contribution >= 0.6 is 0 Å². The Labute approximate surface area is 259 Å². The molecule has 1 N–H and O–H groups in total. The number of carbonyl (C=O) groups excluding carboxylic acids is 2. The fourth-order valence-electron chi connectivity index (χ4n) is 5.22. The second-order valence-electron chi connectivity index (χ2n) is 11.9.